The summed E-state index contributed by atoms with van der Waals surface area (Å²) < 4.78 is 1.99. The van der Waals surface area contributed by atoms with Crippen molar-refractivity contribution in [1.29, 1.82) is 0 Å². The average molecular weight is 248 g/mol. The molecule has 4 rings (SSSR count). The molecule has 3 aromatic heterocycles. The van der Waals surface area contributed by atoms with Crippen LogP contribution in [0.15, 0.2) is 42.6 Å². The first kappa shape index (κ1) is 10.4. The fraction of sp³-hybridized carbons (Fsp3) is 0.133. The SMILES string of the molecule is CCc1ccn2c(c1)nc1nc3ccccc3nc12. The Morgan fingerprint density at radius 2 is 1.79 bits per heavy atom. The summed E-state index contributed by atoms with van der Waals surface area (Å²) in [7, 11) is 0. The molecule has 0 spiro atoms. The number of nitrogens with zero attached hydrogens (tertiary/aromatic N) is 4. The molecule has 0 N–H and O–H groups in total. The zero-order valence-corrected chi connectivity index (χ0v) is 10.5. The van der Waals surface area contributed by atoms with Gasteiger partial charge in [-0.1, -0.05) is 19.1 Å². The van der Waals surface area contributed by atoms with E-state index < -0.39 is 0 Å². The molecule has 0 aliphatic carbocycles. The molecule has 4 aromatic rings. The minimum Gasteiger partial charge on any atom is -0.283 e. The molecule has 4 heteroatoms. The third-order valence-electron chi connectivity index (χ3n) is 3.39. The summed E-state index contributed by atoms with van der Waals surface area (Å²) in [5.74, 6) is 0. The van der Waals surface area contributed by atoms with E-state index in [9.17, 15) is 0 Å². The van der Waals surface area contributed by atoms with Crippen LogP contribution < -0.4 is 0 Å². The van der Waals surface area contributed by atoms with Crippen molar-refractivity contribution in [2.75, 3.05) is 0 Å². The maximum atomic E-state index is 4.66. The summed E-state index contributed by atoms with van der Waals surface area (Å²) in [5.41, 5.74) is 5.48. The molecule has 92 valence electrons. The smallest absolute Gasteiger partial charge is 0.198 e. The molecule has 0 aliphatic rings. The van der Waals surface area contributed by atoms with Crippen LogP contribution in [-0.4, -0.2) is 19.4 Å². The van der Waals surface area contributed by atoms with Gasteiger partial charge in [-0.2, -0.15) is 0 Å². The van der Waals surface area contributed by atoms with Crippen molar-refractivity contribution in [3.8, 4) is 0 Å². The van der Waals surface area contributed by atoms with Crippen molar-refractivity contribution in [2.24, 2.45) is 0 Å². The number of hydrogen-bond donors (Lipinski definition) is 0. The number of pyridine rings is 1. The van der Waals surface area contributed by atoms with E-state index in [4.69, 9.17) is 0 Å². The number of aromatic nitrogens is 4. The van der Waals surface area contributed by atoms with Gasteiger partial charge < -0.3 is 0 Å². The molecule has 0 aliphatic heterocycles. The molecule has 3 heterocycles. The first-order valence-electron chi connectivity index (χ1n) is 6.38. The number of rotatable bonds is 1. The van der Waals surface area contributed by atoms with Crippen molar-refractivity contribution < 1.29 is 0 Å². The van der Waals surface area contributed by atoms with E-state index in [1.165, 1.54) is 5.56 Å². The van der Waals surface area contributed by atoms with Gasteiger partial charge in [0.25, 0.3) is 0 Å². The van der Waals surface area contributed by atoms with Gasteiger partial charge in [0.2, 0.25) is 0 Å². The van der Waals surface area contributed by atoms with Gasteiger partial charge in [-0.25, -0.2) is 15.0 Å². The average Bonchev–Trinajstić information content (AvgIpc) is 2.81. The minimum absolute atomic E-state index is 0.701. The number of para-hydroxylation sites is 2. The Morgan fingerprint density at radius 3 is 2.58 bits per heavy atom. The Morgan fingerprint density at radius 1 is 1.00 bits per heavy atom. The topological polar surface area (TPSA) is 43.1 Å². The second-order valence-electron chi connectivity index (χ2n) is 4.59. The van der Waals surface area contributed by atoms with E-state index in [0.29, 0.717) is 5.65 Å². The van der Waals surface area contributed by atoms with Gasteiger partial charge in [0.15, 0.2) is 11.3 Å². The van der Waals surface area contributed by atoms with Gasteiger partial charge in [0, 0.05) is 6.20 Å². The fourth-order valence-corrected chi connectivity index (χ4v) is 2.34. The Hall–Kier alpha value is -2.49. The van der Waals surface area contributed by atoms with Crippen LogP contribution in [0.4, 0.5) is 0 Å². The van der Waals surface area contributed by atoms with Gasteiger partial charge in [0.05, 0.1) is 11.0 Å². The zero-order chi connectivity index (χ0) is 12.8. The molecule has 0 saturated carbocycles. The van der Waals surface area contributed by atoms with Crippen molar-refractivity contribution in [3.63, 3.8) is 0 Å². The van der Waals surface area contributed by atoms with Crippen molar-refractivity contribution in [1.82, 2.24) is 19.4 Å². The first-order valence-corrected chi connectivity index (χ1v) is 6.38. The van der Waals surface area contributed by atoms with Crippen LogP contribution in [0.3, 0.4) is 0 Å². The van der Waals surface area contributed by atoms with E-state index in [0.717, 1.165) is 28.7 Å². The summed E-state index contributed by atoms with van der Waals surface area (Å²) in [6.45, 7) is 2.14. The fourth-order valence-electron chi connectivity index (χ4n) is 2.34. The maximum absolute atomic E-state index is 4.66. The number of benzene rings is 1. The van der Waals surface area contributed by atoms with Gasteiger partial charge in [0.1, 0.15) is 5.65 Å². The third kappa shape index (κ3) is 1.50. The highest BCUT2D eigenvalue weighted by Crippen LogP contribution is 2.18. The summed E-state index contributed by atoms with van der Waals surface area (Å²) in [6, 6.07) is 12.1. The Kier molecular flexibility index (Phi) is 2.06. The van der Waals surface area contributed by atoms with Crippen LogP contribution in [-0.2, 0) is 6.42 Å². The molecule has 0 amide bonds. The molecular weight excluding hydrogens is 236 g/mol. The molecule has 4 nitrogen and oxygen atoms in total. The predicted octanol–water partition coefficient (Wildman–Crippen LogP) is 2.99. The Labute approximate surface area is 109 Å². The summed E-state index contributed by atoms with van der Waals surface area (Å²) in [5, 5.41) is 0. The van der Waals surface area contributed by atoms with Gasteiger partial charge in [-0.05, 0) is 36.2 Å². The van der Waals surface area contributed by atoms with Gasteiger partial charge >= 0.3 is 0 Å². The number of aryl methyl sites for hydroxylation is 1. The van der Waals surface area contributed by atoms with E-state index in [1.54, 1.807) is 0 Å². The Balaban J connectivity index is 2.15. The largest absolute Gasteiger partial charge is 0.283 e. The summed E-state index contributed by atoms with van der Waals surface area (Å²) in [6.07, 6.45) is 3.02. The first-order chi connectivity index (χ1) is 9.35. The predicted molar refractivity (Wildman–Crippen MR) is 75.2 cm³/mol. The second-order valence-corrected chi connectivity index (χ2v) is 4.59. The molecule has 19 heavy (non-hydrogen) atoms. The van der Waals surface area contributed by atoms with E-state index in [2.05, 4.69) is 34.0 Å². The van der Waals surface area contributed by atoms with Crippen LogP contribution in [0.5, 0.6) is 0 Å². The van der Waals surface area contributed by atoms with Gasteiger partial charge in [-0.3, -0.25) is 4.40 Å². The lowest BCUT2D eigenvalue weighted by molar-refractivity contribution is 1.10. The van der Waals surface area contributed by atoms with Crippen LogP contribution in [0.1, 0.15) is 12.5 Å². The highest BCUT2D eigenvalue weighted by atomic mass is 15.1. The second kappa shape index (κ2) is 3.75. The third-order valence-corrected chi connectivity index (χ3v) is 3.39. The molecule has 1 aromatic carbocycles. The van der Waals surface area contributed by atoms with Crippen LogP contribution in [0.2, 0.25) is 0 Å². The Bertz CT molecular complexity index is 908. The lowest BCUT2D eigenvalue weighted by Crippen LogP contribution is -1.90. The van der Waals surface area contributed by atoms with Crippen molar-refractivity contribution >= 4 is 28.0 Å². The van der Waals surface area contributed by atoms with Crippen LogP contribution in [0, 0.1) is 0 Å². The number of hydrogen-bond acceptors (Lipinski definition) is 3. The molecular formula is C15H12N4. The van der Waals surface area contributed by atoms with Crippen LogP contribution in [0.25, 0.3) is 28.0 Å². The molecule has 0 unspecified atom stereocenters. The quantitative estimate of drug-likeness (QED) is 0.520. The zero-order valence-electron chi connectivity index (χ0n) is 10.5. The normalized spacial score (nSPS) is 11.6. The lowest BCUT2D eigenvalue weighted by atomic mass is 10.2. The molecule has 0 radical (unpaired) electrons. The van der Waals surface area contributed by atoms with E-state index >= 15 is 0 Å². The molecule has 0 saturated heterocycles. The van der Waals surface area contributed by atoms with Crippen LogP contribution >= 0.6 is 0 Å². The monoisotopic (exact) mass is 248 g/mol. The maximum Gasteiger partial charge on any atom is 0.198 e. The lowest BCUT2D eigenvalue weighted by Gasteiger charge is -1.98. The van der Waals surface area contributed by atoms with E-state index in [1.807, 2.05) is 34.9 Å². The number of fused-ring (bicyclic) bond motifs is 4. The molecule has 0 bridgehead atoms. The molecule has 0 fully saturated rings. The summed E-state index contributed by atoms with van der Waals surface area (Å²) >= 11 is 0. The standard InChI is InChI=1S/C15H12N4/c1-2-10-7-8-19-13(9-10)18-14-15(19)17-12-6-4-3-5-11(12)16-14/h3-9H,2H2,1H3. The van der Waals surface area contributed by atoms with Gasteiger partial charge in [-0.15, -0.1) is 0 Å². The number of imidazole rings is 1. The minimum atomic E-state index is 0.701. The van der Waals surface area contributed by atoms with Crippen molar-refractivity contribution in [3.05, 3.63) is 48.2 Å². The summed E-state index contributed by atoms with van der Waals surface area (Å²) in [4.78, 5) is 13.8. The molecule has 0 atom stereocenters. The highest BCUT2D eigenvalue weighted by Gasteiger charge is 2.08. The van der Waals surface area contributed by atoms with E-state index in [-0.39, 0.29) is 0 Å². The van der Waals surface area contributed by atoms with Crippen molar-refractivity contribution in [2.45, 2.75) is 13.3 Å². The highest BCUT2D eigenvalue weighted by molar-refractivity contribution is 5.84.